The number of Topliss-reactive ketones (excluding diaryl/α,β-unsaturated/α-hetero) is 1. The van der Waals surface area contributed by atoms with Gasteiger partial charge in [-0.15, -0.1) is 11.3 Å². The molecule has 1 aromatic heterocycles. The molecule has 0 aliphatic carbocycles. The number of nitrogens with one attached hydrogen (secondary N) is 1. The van der Waals surface area contributed by atoms with Crippen molar-refractivity contribution in [2.75, 3.05) is 23.3 Å². The molecule has 0 spiro atoms. The lowest BCUT2D eigenvalue weighted by atomic mass is 10.1. The van der Waals surface area contributed by atoms with E-state index in [-0.39, 0.29) is 30.5 Å². The quantitative estimate of drug-likeness (QED) is 0.887. The Kier molecular flexibility index (Phi) is 3.42. The highest BCUT2D eigenvalue weighted by Gasteiger charge is 2.28. The molecule has 1 aliphatic rings. The van der Waals surface area contributed by atoms with Crippen molar-refractivity contribution in [3.05, 3.63) is 46.2 Å². The highest BCUT2D eigenvalue weighted by atomic mass is 32.1. The first kappa shape index (κ1) is 13.7. The fraction of sp³-hybridized carbons (Fsp3) is 0.143. The summed E-state index contributed by atoms with van der Waals surface area (Å²) in [4.78, 5) is 25.8. The molecule has 0 bridgehead atoms. The molecule has 0 radical (unpaired) electrons. The number of halogens is 2. The lowest BCUT2D eigenvalue weighted by molar-refractivity contribution is -0.117. The van der Waals surface area contributed by atoms with E-state index in [0.717, 1.165) is 12.1 Å². The van der Waals surface area contributed by atoms with E-state index in [4.69, 9.17) is 0 Å². The number of benzene rings is 1. The molecule has 0 unspecified atom stereocenters. The van der Waals surface area contributed by atoms with Crippen LogP contribution in [-0.4, -0.2) is 24.8 Å². The molecule has 1 aromatic carbocycles. The average molecular weight is 308 g/mol. The number of carbonyl (C=O) groups is 2. The molecule has 0 saturated heterocycles. The Morgan fingerprint density at radius 1 is 1.33 bits per heavy atom. The Balaban J connectivity index is 1.94. The van der Waals surface area contributed by atoms with Crippen LogP contribution in [0.2, 0.25) is 0 Å². The summed E-state index contributed by atoms with van der Waals surface area (Å²) in [6.07, 6.45) is 0. The third-order valence-electron chi connectivity index (χ3n) is 3.16. The smallest absolute Gasteiger partial charge is 0.246 e. The van der Waals surface area contributed by atoms with Crippen molar-refractivity contribution in [3.8, 4) is 0 Å². The topological polar surface area (TPSA) is 49.4 Å². The maximum atomic E-state index is 13.4. The van der Waals surface area contributed by atoms with Gasteiger partial charge in [0.05, 0.1) is 29.3 Å². The van der Waals surface area contributed by atoms with Crippen molar-refractivity contribution in [1.82, 2.24) is 0 Å². The number of carbonyl (C=O) groups excluding carboxylic acids is 2. The molecule has 1 amide bonds. The van der Waals surface area contributed by atoms with Crippen LogP contribution in [0, 0.1) is 11.6 Å². The molecule has 21 heavy (non-hydrogen) atoms. The number of anilines is 2. The molecule has 1 aliphatic heterocycles. The second-order valence-corrected chi connectivity index (χ2v) is 5.47. The Morgan fingerprint density at radius 3 is 2.81 bits per heavy atom. The van der Waals surface area contributed by atoms with E-state index in [1.807, 2.05) is 0 Å². The number of ketones is 1. The standard InChI is InChI=1S/C14H10F2N2O2S/c15-8-4-10-11(5-9(8)16)18(14(20)6-17-10)7-12(19)13-2-1-3-21-13/h1-5,17H,6-7H2. The second-order valence-electron chi connectivity index (χ2n) is 4.52. The van der Waals surface area contributed by atoms with E-state index >= 15 is 0 Å². The van der Waals surface area contributed by atoms with E-state index in [1.165, 1.54) is 16.2 Å². The van der Waals surface area contributed by atoms with Gasteiger partial charge in [0, 0.05) is 12.1 Å². The third-order valence-corrected chi connectivity index (χ3v) is 4.07. The van der Waals surface area contributed by atoms with Gasteiger partial charge >= 0.3 is 0 Å². The number of hydrogen-bond donors (Lipinski definition) is 1. The van der Waals surface area contributed by atoms with Crippen LogP contribution in [-0.2, 0) is 4.79 Å². The molecule has 4 nitrogen and oxygen atoms in total. The summed E-state index contributed by atoms with van der Waals surface area (Å²) in [5.74, 6) is -2.66. The molecule has 3 rings (SSSR count). The molecule has 1 N–H and O–H groups in total. The zero-order valence-electron chi connectivity index (χ0n) is 10.7. The fourth-order valence-corrected chi connectivity index (χ4v) is 2.79. The van der Waals surface area contributed by atoms with Crippen LogP contribution in [0.4, 0.5) is 20.2 Å². The van der Waals surface area contributed by atoms with Crippen LogP contribution in [0.3, 0.4) is 0 Å². The minimum atomic E-state index is -1.06. The Labute approximate surface area is 123 Å². The molecule has 2 aromatic rings. The van der Waals surface area contributed by atoms with Gasteiger partial charge in [-0.2, -0.15) is 0 Å². The highest BCUT2D eigenvalue weighted by Crippen LogP contribution is 2.32. The van der Waals surface area contributed by atoms with Gasteiger partial charge in [0.25, 0.3) is 0 Å². The molecule has 7 heteroatoms. The zero-order chi connectivity index (χ0) is 15.0. The number of fused-ring (bicyclic) bond motifs is 1. The average Bonchev–Trinajstić information content (AvgIpc) is 2.98. The summed E-state index contributed by atoms with van der Waals surface area (Å²) < 4.78 is 26.6. The van der Waals surface area contributed by atoms with Gasteiger partial charge in [-0.05, 0) is 11.4 Å². The van der Waals surface area contributed by atoms with Gasteiger partial charge in [-0.3, -0.25) is 9.59 Å². The summed E-state index contributed by atoms with van der Waals surface area (Å²) >= 11 is 1.27. The first-order valence-corrected chi connectivity index (χ1v) is 7.04. The van der Waals surface area contributed by atoms with Crippen molar-refractivity contribution >= 4 is 34.4 Å². The van der Waals surface area contributed by atoms with Gasteiger partial charge in [0.2, 0.25) is 5.91 Å². The summed E-state index contributed by atoms with van der Waals surface area (Å²) in [6.45, 7) is -0.255. The van der Waals surface area contributed by atoms with Crippen LogP contribution < -0.4 is 10.2 Å². The monoisotopic (exact) mass is 308 g/mol. The summed E-state index contributed by atoms with van der Waals surface area (Å²) in [5.41, 5.74) is 0.475. The Hall–Kier alpha value is -2.28. The Bertz CT molecular complexity index is 716. The number of rotatable bonds is 3. The first-order chi connectivity index (χ1) is 10.1. The highest BCUT2D eigenvalue weighted by molar-refractivity contribution is 7.12. The Morgan fingerprint density at radius 2 is 2.10 bits per heavy atom. The fourth-order valence-electron chi connectivity index (χ4n) is 2.13. The van der Waals surface area contributed by atoms with E-state index in [9.17, 15) is 18.4 Å². The van der Waals surface area contributed by atoms with Gasteiger partial charge in [-0.25, -0.2) is 8.78 Å². The lowest BCUT2D eigenvalue weighted by Gasteiger charge is -2.29. The third kappa shape index (κ3) is 2.52. The van der Waals surface area contributed by atoms with Crippen molar-refractivity contribution in [1.29, 1.82) is 0 Å². The predicted octanol–water partition coefficient (Wildman–Crippen LogP) is 2.67. The van der Waals surface area contributed by atoms with Gasteiger partial charge < -0.3 is 10.2 Å². The number of amides is 1. The van der Waals surface area contributed by atoms with Gasteiger partial charge in [-0.1, -0.05) is 6.07 Å². The van der Waals surface area contributed by atoms with E-state index in [2.05, 4.69) is 5.32 Å². The first-order valence-electron chi connectivity index (χ1n) is 6.16. The molecular formula is C14H10F2N2O2S. The number of nitrogens with zero attached hydrogens (tertiary/aromatic N) is 1. The second kappa shape index (κ2) is 5.25. The van der Waals surface area contributed by atoms with Crippen molar-refractivity contribution in [2.45, 2.75) is 0 Å². The van der Waals surface area contributed by atoms with Crippen LogP contribution >= 0.6 is 11.3 Å². The zero-order valence-corrected chi connectivity index (χ0v) is 11.5. The summed E-state index contributed by atoms with van der Waals surface area (Å²) in [5, 5.41) is 4.47. The molecule has 0 atom stereocenters. The van der Waals surface area contributed by atoms with Crippen molar-refractivity contribution in [2.24, 2.45) is 0 Å². The van der Waals surface area contributed by atoms with Crippen LogP contribution in [0.5, 0.6) is 0 Å². The maximum absolute atomic E-state index is 13.4. The molecule has 0 fully saturated rings. The number of thiophene rings is 1. The lowest BCUT2D eigenvalue weighted by Crippen LogP contribution is -2.43. The minimum Gasteiger partial charge on any atom is -0.374 e. The normalized spacial score (nSPS) is 13.8. The summed E-state index contributed by atoms with van der Waals surface area (Å²) in [7, 11) is 0. The van der Waals surface area contributed by atoms with E-state index in [0.29, 0.717) is 10.6 Å². The summed E-state index contributed by atoms with van der Waals surface area (Å²) in [6, 6.07) is 5.31. The van der Waals surface area contributed by atoms with Gasteiger partial charge in [0.15, 0.2) is 17.4 Å². The molecule has 108 valence electrons. The molecule has 2 heterocycles. The van der Waals surface area contributed by atoms with Crippen molar-refractivity contribution < 1.29 is 18.4 Å². The van der Waals surface area contributed by atoms with Crippen LogP contribution in [0.1, 0.15) is 9.67 Å². The minimum absolute atomic E-state index is 0.0597. The maximum Gasteiger partial charge on any atom is 0.246 e. The van der Waals surface area contributed by atoms with E-state index in [1.54, 1.807) is 17.5 Å². The van der Waals surface area contributed by atoms with Crippen molar-refractivity contribution in [3.63, 3.8) is 0 Å². The van der Waals surface area contributed by atoms with Crippen LogP contribution in [0.25, 0.3) is 0 Å². The predicted molar refractivity (Wildman–Crippen MR) is 75.9 cm³/mol. The number of hydrogen-bond acceptors (Lipinski definition) is 4. The van der Waals surface area contributed by atoms with Gasteiger partial charge in [0.1, 0.15) is 0 Å². The SMILES string of the molecule is O=C(CN1C(=O)CNc2cc(F)c(F)cc21)c1cccs1. The molecule has 0 saturated carbocycles. The largest absolute Gasteiger partial charge is 0.374 e. The molecular weight excluding hydrogens is 298 g/mol. The van der Waals surface area contributed by atoms with Crippen LogP contribution in [0.15, 0.2) is 29.6 Å². The van der Waals surface area contributed by atoms with E-state index < -0.39 is 11.6 Å².